The van der Waals surface area contributed by atoms with E-state index in [1.807, 2.05) is 0 Å². The summed E-state index contributed by atoms with van der Waals surface area (Å²) in [5.74, 6) is 0.469. The monoisotopic (exact) mass is 621 g/mol. The van der Waals surface area contributed by atoms with Gasteiger partial charge < -0.3 is 9.53 Å². The summed E-state index contributed by atoms with van der Waals surface area (Å²) in [6.45, 7) is 23.1. The molecule has 206 valence electrons. The van der Waals surface area contributed by atoms with Crippen molar-refractivity contribution in [3.05, 3.63) is 12.2 Å². The molecule has 1 saturated heterocycles. The van der Waals surface area contributed by atoms with Crippen LogP contribution in [0.4, 0.5) is 0 Å². The van der Waals surface area contributed by atoms with Crippen molar-refractivity contribution in [2.45, 2.75) is 154 Å². The predicted molar refractivity (Wildman–Crippen MR) is 161 cm³/mol. The van der Waals surface area contributed by atoms with E-state index in [1.165, 1.54) is 25.7 Å². The van der Waals surface area contributed by atoms with Crippen molar-refractivity contribution in [1.29, 1.82) is 0 Å². The summed E-state index contributed by atoms with van der Waals surface area (Å²) in [4.78, 5) is 6.86. The highest BCUT2D eigenvalue weighted by Gasteiger charge is 2.47. The fraction of sp³-hybridized carbons (Fsp3) is 0.931. The van der Waals surface area contributed by atoms with Gasteiger partial charge in [-0.1, -0.05) is 81.7 Å². The van der Waals surface area contributed by atoms with Crippen LogP contribution in [-0.2, 0) is 9.26 Å². The molecule has 1 saturated carbocycles. The molecule has 0 unspecified atom stereocenters. The Balaban J connectivity index is 2.28. The minimum absolute atomic E-state index is 0.0286. The molecule has 1 heterocycles. The number of aliphatic hydroxyl groups is 1. The number of rotatable bonds is 11. The largest absolute Gasteiger partial charge is 0.413 e. The molecule has 4 nitrogen and oxygen atoms in total. The molecule has 0 amide bonds. The van der Waals surface area contributed by atoms with Crippen LogP contribution in [-0.4, -0.2) is 52.3 Å². The third-order valence-corrected chi connectivity index (χ3v) is 14.4. The lowest BCUT2D eigenvalue weighted by Crippen LogP contribution is -2.59. The Morgan fingerprint density at radius 2 is 1.71 bits per heavy atom. The second-order valence-corrected chi connectivity index (χ2v) is 19.5. The number of hydroxylamine groups is 2. The van der Waals surface area contributed by atoms with E-state index in [1.54, 1.807) is 0 Å². The number of aliphatic hydroxyl groups excluding tert-OH is 1. The summed E-state index contributed by atoms with van der Waals surface area (Å²) in [6.07, 6.45) is 13.5. The third-order valence-electron chi connectivity index (χ3n) is 8.88. The number of alkyl halides is 1. The molecule has 0 spiro atoms. The van der Waals surface area contributed by atoms with Crippen LogP contribution in [0.3, 0.4) is 0 Å². The van der Waals surface area contributed by atoms with Crippen molar-refractivity contribution in [2.75, 3.05) is 4.43 Å². The maximum atomic E-state index is 10.9. The van der Waals surface area contributed by atoms with Gasteiger partial charge in [0.15, 0.2) is 8.32 Å². The summed E-state index contributed by atoms with van der Waals surface area (Å²) in [7, 11) is -1.93. The molecular weight excluding hydrogens is 565 g/mol. The summed E-state index contributed by atoms with van der Waals surface area (Å²) in [5, 5.41) is 13.4. The van der Waals surface area contributed by atoms with Gasteiger partial charge >= 0.3 is 0 Å². The Morgan fingerprint density at radius 3 is 2.23 bits per heavy atom. The molecule has 35 heavy (non-hydrogen) atoms. The first-order valence-corrected chi connectivity index (χ1v) is 18.6. The average Bonchev–Trinajstić information content (AvgIpc) is 3.00. The first-order chi connectivity index (χ1) is 16.1. The SMILES string of the molecule is CCCCC[C@@H](/C=C/[C@@H]1[C@H](CI)[C@@H](O)C[C@H]1O[Si](C)(C)C(C)(C)C)ON1C(C)(C)CCCC1(C)C. The van der Waals surface area contributed by atoms with Crippen molar-refractivity contribution in [1.82, 2.24) is 5.06 Å². The minimum Gasteiger partial charge on any atom is -0.413 e. The van der Waals surface area contributed by atoms with Gasteiger partial charge in [-0.3, -0.25) is 4.84 Å². The second-order valence-electron chi connectivity index (χ2n) is 13.9. The molecule has 2 aliphatic rings. The minimum atomic E-state index is -1.93. The number of nitrogens with zero attached hydrogens (tertiary/aromatic N) is 1. The zero-order valence-electron chi connectivity index (χ0n) is 24.5. The maximum Gasteiger partial charge on any atom is 0.192 e. The smallest absolute Gasteiger partial charge is 0.192 e. The fourth-order valence-electron chi connectivity index (χ4n) is 5.69. The van der Waals surface area contributed by atoms with Crippen molar-refractivity contribution in [3.8, 4) is 0 Å². The summed E-state index contributed by atoms with van der Waals surface area (Å²) < 4.78 is 7.84. The van der Waals surface area contributed by atoms with Crippen LogP contribution in [0.1, 0.15) is 107 Å². The van der Waals surface area contributed by atoms with E-state index in [0.29, 0.717) is 0 Å². The molecule has 1 aliphatic carbocycles. The molecule has 0 aromatic rings. The van der Waals surface area contributed by atoms with Gasteiger partial charge in [0.2, 0.25) is 0 Å². The van der Waals surface area contributed by atoms with Crippen LogP contribution in [0.15, 0.2) is 12.2 Å². The van der Waals surface area contributed by atoms with Crippen molar-refractivity contribution >= 4 is 30.9 Å². The van der Waals surface area contributed by atoms with Crippen molar-refractivity contribution in [3.63, 3.8) is 0 Å². The predicted octanol–water partition coefficient (Wildman–Crippen LogP) is 8.29. The molecule has 1 aliphatic heterocycles. The van der Waals surface area contributed by atoms with Crippen LogP contribution in [0.5, 0.6) is 0 Å². The Bertz CT molecular complexity index is 672. The standard InChI is InChI=1S/C29H56INO3Si/c1-11-12-13-15-22(33-31-28(5,6)18-14-19-29(31,7)8)16-17-23-24(21-30)25(32)20-26(23)34-35(9,10)27(2,3)4/h16-17,22-26,32H,11-15,18-21H2,1-10H3/b17-16+/t22-,23+,24-,25-,26+/m0/s1. The van der Waals surface area contributed by atoms with Crippen LogP contribution < -0.4 is 0 Å². The van der Waals surface area contributed by atoms with Crippen LogP contribution in [0.25, 0.3) is 0 Å². The van der Waals surface area contributed by atoms with Crippen molar-refractivity contribution < 1.29 is 14.4 Å². The molecule has 2 rings (SSSR count). The molecule has 6 heteroatoms. The van der Waals surface area contributed by atoms with Gasteiger partial charge in [-0.05, 0) is 77.9 Å². The Labute approximate surface area is 232 Å². The number of hydrogen-bond acceptors (Lipinski definition) is 4. The highest BCUT2D eigenvalue weighted by Crippen LogP contribution is 2.44. The highest BCUT2D eigenvalue weighted by molar-refractivity contribution is 14.1. The van der Waals surface area contributed by atoms with Crippen LogP contribution in [0.2, 0.25) is 18.1 Å². The van der Waals surface area contributed by atoms with E-state index in [-0.39, 0.29) is 46.3 Å². The molecule has 0 radical (unpaired) electrons. The number of halogens is 1. The summed E-state index contributed by atoms with van der Waals surface area (Å²) >= 11 is 2.44. The fourth-order valence-corrected chi connectivity index (χ4v) is 8.22. The quantitative estimate of drug-likeness (QED) is 0.0829. The van der Waals surface area contributed by atoms with E-state index < -0.39 is 8.32 Å². The molecule has 2 fully saturated rings. The first kappa shape index (κ1) is 31.7. The second kappa shape index (κ2) is 12.6. The van der Waals surface area contributed by atoms with Gasteiger partial charge in [-0.25, -0.2) is 0 Å². The molecule has 1 N–H and O–H groups in total. The van der Waals surface area contributed by atoms with Gasteiger partial charge in [0.1, 0.15) is 0 Å². The summed E-state index contributed by atoms with van der Waals surface area (Å²) in [6, 6.07) is 0. The lowest BCUT2D eigenvalue weighted by atomic mass is 9.82. The van der Waals surface area contributed by atoms with Crippen LogP contribution >= 0.6 is 22.6 Å². The number of hydrogen-bond donors (Lipinski definition) is 1. The van der Waals surface area contributed by atoms with E-state index in [4.69, 9.17) is 9.26 Å². The molecule has 5 atom stereocenters. The number of unbranched alkanes of at least 4 members (excludes halogenated alkanes) is 2. The molecule has 0 bridgehead atoms. The Kier molecular flexibility index (Phi) is 11.4. The van der Waals surface area contributed by atoms with Crippen LogP contribution in [0, 0.1) is 11.8 Å². The molecule has 0 aromatic carbocycles. The zero-order chi connectivity index (χ0) is 26.7. The maximum absolute atomic E-state index is 10.9. The third kappa shape index (κ3) is 8.25. The van der Waals surface area contributed by atoms with Crippen molar-refractivity contribution in [2.24, 2.45) is 11.8 Å². The van der Waals surface area contributed by atoms with Gasteiger partial charge in [-0.15, -0.1) is 0 Å². The van der Waals surface area contributed by atoms with Gasteiger partial charge in [0.05, 0.1) is 18.3 Å². The average molecular weight is 622 g/mol. The normalized spacial score (nSPS) is 30.7. The Hall–Kier alpha value is 0.527. The molecular formula is C29H56INO3Si. The lowest BCUT2D eigenvalue weighted by molar-refractivity contribution is -0.297. The Morgan fingerprint density at radius 1 is 1.11 bits per heavy atom. The highest BCUT2D eigenvalue weighted by atomic mass is 127. The zero-order valence-corrected chi connectivity index (χ0v) is 27.7. The summed E-state index contributed by atoms with van der Waals surface area (Å²) in [5.41, 5.74) is 0.0573. The lowest BCUT2D eigenvalue weighted by Gasteiger charge is -2.52. The topological polar surface area (TPSA) is 41.9 Å². The van der Waals surface area contributed by atoms with Gasteiger partial charge in [0.25, 0.3) is 0 Å². The van der Waals surface area contributed by atoms with Gasteiger partial charge in [0, 0.05) is 27.3 Å². The van der Waals surface area contributed by atoms with E-state index in [0.717, 1.165) is 30.1 Å². The number of piperidine rings is 1. The van der Waals surface area contributed by atoms with E-state index >= 15 is 0 Å². The first-order valence-electron chi connectivity index (χ1n) is 14.1. The van der Waals surface area contributed by atoms with E-state index in [2.05, 4.69) is 108 Å². The van der Waals surface area contributed by atoms with Gasteiger partial charge in [-0.2, -0.15) is 5.06 Å². The van der Waals surface area contributed by atoms with E-state index in [9.17, 15) is 5.11 Å². The molecule has 0 aromatic heterocycles.